The van der Waals surface area contributed by atoms with E-state index in [4.69, 9.17) is 4.74 Å². The summed E-state index contributed by atoms with van der Waals surface area (Å²) in [7, 11) is 1.42. The van der Waals surface area contributed by atoms with Crippen LogP contribution in [0.4, 0.5) is 4.79 Å². The number of carbonyl (C=O) groups is 1. The summed E-state index contributed by atoms with van der Waals surface area (Å²) in [5.74, 6) is 0.680. The summed E-state index contributed by atoms with van der Waals surface area (Å²) >= 11 is 2.00. The summed E-state index contributed by atoms with van der Waals surface area (Å²) in [4.78, 5) is 17.0. The highest BCUT2D eigenvalue weighted by Gasteiger charge is 2.45. The average Bonchev–Trinajstić information content (AvgIpc) is 3.07. The molecule has 3 heterocycles. The van der Waals surface area contributed by atoms with Crippen molar-refractivity contribution in [1.29, 1.82) is 0 Å². The Kier molecular flexibility index (Phi) is 5.50. The molecule has 0 radical (unpaired) electrons. The van der Waals surface area contributed by atoms with Gasteiger partial charge in [0.2, 0.25) is 0 Å². The molecule has 6 heteroatoms. The number of thiophene rings is 1. The van der Waals surface area contributed by atoms with E-state index in [-0.39, 0.29) is 17.7 Å². The van der Waals surface area contributed by atoms with Crippen molar-refractivity contribution < 1.29 is 14.3 Å². The first-order valence-electron chi connectivity index (χ1n) is 10.4. The van der Waals surface area contributed by atoms with Gasteiger partial charge in [-0.05, 0) is 56.6 Å². The molecule has 0 aromatic carbocycles. The lowest BCUT2D eigenvalue weighted by atomic mass is 9.76. The van der Waals surface area contributed by atoms with Gasteiger partial charge in [-0.15, -0.1) is 11.3 Å². The Morgan fingerprint density at radius 2 is 2.30 bits per heavy atom. The van der Waals surface area contributed by atoms with Gasteiger partial charge in [-0.2, -0.15) is 0 Å². The SMILES string of the molecule is CCc1cc2c(s1)CCO[C@@]21CCN(C[C@H]2C[C@@H](NC(=O)OC)C2)[C@@H](C)C1. The predicted molar refractivity (Wildman–Crippen MR) is 107 cm³/mol. The normalized spacial score (nSPS) is 33.4. The molecular weight excluding hydrogens is 360 g/mol. The highest BCUT2D eigenvalue weighted by molar-refractivity contribution is 7.12. The number of ether oxygens (including phenoxy) is 2. The highest BCUT2D eigenvalue weighted by atomic mass is 32.1. The summed E-state index contributed by atoms with van der Waals surface area (Å²) < 4.78 is 11.1. The topological polar surface area (TPSA) is 50.8 Å². The molecule has 0 bridgehead atoms. The number of aryl methyl sites for hydroxylation is 1. The van der Waals surface area contributed by atoms with Crippen molar-refractivity contribution in [2.45, 2.75) is 70.1 Å². The largest absolute Gasteiger partial charge is 0.453 e. The van der Waals surface area contributed by atoms with E-state index >= 15 is 0 Å². The Labute approximate surface area is 166 Å². The number of carbonyl (C=O) groups excluding carboxylic acids is 1. The number of rotatable bonds is 4. The second kappa shape index (κ2) is 7.72. The minimum Gasteiger partial charge on any atom is -0.453 e. The van der Waals surface area contributed by atoms with Gasteiger partial charge in [0, 0.05) is 41.3 Å². The Morgan fingerprint density at radius 3 is 3.00 bits per heavy atom. The van der Waals surface area contributed by atoms with Crippen LogP contribution in [-0.2, 0) is 27.9 Å². The molecule has 1 amide bonds. The monoisotopic (exact) mass is 392 g/mol. The van der Waals surface area contributed by atoms with Crippen LogP contribution in [0.3, 0.4) is 0 Å². The van der Waals surface area contributed by atoms with Crippen LogP contribution < -0.4 is 5.32 Å². The summed E-state index contributed by atoms with van der Waals surface area (Å²) in [5.41, 5.74) is 1.44. The summed E-state index contributed by atoms with van der Waals surface area (Å²) in [5, 5.41) is 2.91. The van der Waals surface area contributed by atoms with Crippen molar-refractivity contribution in [1.82, 2.24) is 10.2 Å². The van der Waals surface area contributed by atoms with Crippen LogP contribution in [0.25, 0.3) is 0 Å². The van der Waals surface area contributed by atoms with Crippen LogP contribution in [0.5, 0.6) is 0 Å². The van der Waals surface area contributed by atoms with Gasteiger partial charge < -0.3 is 19.7 Å². The Morgan fingerprint density at radius 1 is 1.48 bits per heavy atom. The van der Waals surface area contributed by atoms with E-state index in [0.29, 0.717) is 12.0 Å². The Hall–Kier alpha value is -1.11. The summed E-state index contributed by atoms with van der Waals surface area (Å²) in [6, 6.07) is 3.25. The zero-order chi connectivity index (χ0) is 19.0. The molecule has 4 rings (SSSR count). The molecule has 150 valence electrons. The number of methoxy groups -OCH3 is 1. The van der Waals surface area contributed by atoms with Crippen molar-refractivity contribution in [2.24, 2.45) is 5.92 Å². The Balaban J connectivity index is 1.34. The number of amides is 1. The smallest absolute Gasteiger partial charge is 0.407 e. The van der Waals surface area contributed by atoms with Crippen molar-refractivity contribution in [3.63, 3.8) is 0 Å². The van der Waals surface area contributed by atoms with Crippen LogP contribution in [0, 0.1) is 5.92 Å². The van der Waals surface area contributed by atoms with E-state index in [9.17, 15) is 4.79 Å². The molecular formula is C21H32N2O3S. The first-order valence-corrected chi connectivity index (χ1v) is 11.2. The number of nitrogens with zero attached hydrogens (tertiary/aromatic N) is 1. The predicted octanol–water partition coefficient (Wildman–Crippen LogP) is 3.70. The molecule has 1 N–H and O–H groups in total. The van der Waals surface area contributed by atoms with Crippen LogP contribution in [0.15, 0.2) is 6.07 Å². The molecule has 1 aromatic rings. The molecule has 2 aliphatic heterocycles. The van der Waals surface area contributed by atoms with E-state index in [1.54, 1.807) is 4.88 Å². The lowest BCUT2D eigenvalue weighted by molar-refractivity contribution is -0.114. The molecule has 3 aliphatic rings. The standard InChI is InChI=1S/C21H32N2O3S/c1-4-17-11-18-19(27-17)5-8-26-21(18)6-7-23(14(2)12-21)13-15-9-16(10-15)22-20(24)25-3/h11,14-16H,4-10,12-13H2,1-3H3,(H,22,24)/t14-,15-,16+,21+/m0/s1. The van der Waals surface area contributed by atoms with Gasteiger partial charge in [-0.3, -0.25) is 0 Å². The number of likely N-dealkylation sites (tertiary alicyclic amines) is 1. The van der Waals surface area contributed by atoms with E-state index in [1.165, 1.54) is 17.6 Å². The molecule has 1 aliphatic carbocycles. The first kappa shape index (κ1) is 19.2. The van der Waals surface area contributed by atoms with E-state index < -0.39 is 0 Å². The maximum Gasteiger partial charge on any atom is 0.407 e. The second-order valence-electron chi connectivity index (χ2n) is 8.46. The van der Waals surface area contributed by atoms with Gasteiger partial charge in [-0.25, -0.2) is 4.79 Å². The fourth-order valence-corrected chi connectivity index (χ4v) is 6.28. The van der Waals surface area contributed by atoms with E-state index in [2.05, 4.69) is 34.9 Å². The van der Waals surface area contributed by atoms with Crippen molar-refractivity contribution in [2.75, 3.05) is 26.8 Å². The lowest BCUT2D eigenvalue weighted by Crippen LogP contribution is -2.54. The van der Waals surface area contributed by atoms with Crippen LogP contribution in [-0.4, -0.2) is 49.9 Å². The fraction of sp³-hybridized carbons (Fsp3) is 0.762. The number of fused-ring (bicyclic) bond motifs is 2. The maximum atomic E-state index is 11.3. The highest BCUT2D eigenvalue weighted by Crippen LogP contribution is 2.46. The first-order chi connectivity index (χ1) is 13.0. The molecule has 2 fully saturated rings. The second-order valence-corrected chi connectivity index (χ2v) is 9.69. The van der Waals surface area contributed by atoms with Gasteiger partial charge in [0.05, 0.1) is 19.3 Å². The number of alkyl carbamates (subject to hydrolysis) is 1. The molecule has 1 saturated heterocycles. The summed E-state index contributed by atoms with van der Waals surface area (Å²) in [6.45, 7) is 7.70. The molecule has 1 aromatic heterocycles. The van der Waals surface area contributed by atoms with Gasteiger partial charge in [-0.1, -0.05) is 6.92 Å². The zero-order valence-corrected chi connectivity index (χ0v) is 17.6. The fourth-order valence-electron chi connectivity index (χ4n) is 5.11. The van der Waals surface area contributed by atoms with Crippen LogP contribution in [0.2, 0.25) is 0 Å². The van der Waals surface area contributed by atoms with Gasteiger partial charge >= 0.3 is 6.09 Å². The summed E-state index contributed by atoms with van der Waals surface area (Å²) in [6.07, 6.45) is 6.22. The third-order valence-electron chi connectivity index (χ3n) is 6.69. The molecule has 1 saturated carbocycles. The minimum atomic E-state index is -0.306. The molecule has 27 heavy (non-hydrogen) atoms. The third kappa shape index (κ3) is 3.76. The van der Waals surface area contributed by atoms with Crippen molar-refractivity contribution >= 4 is 17.4 Å². The number of hydrogen-bond donors (Lipinski definition) is 1. The van der Waals surface area contributed by atoms with Crippen LogP contribution >= 0.6 is 11.3 Å². The molecule has 2 atom stereocenters. The van der Waals surface area contributed by atoms with Crippen LogP contribution in [0.1, 0.15) is 54.8 Å². The molecule has 0 unspecified atom stereocenters. The van der Waals surface area contributed by atoms with Gasteiger partial charge in [0.15, 0.2) is 0 Å². The maximum absolute atomic E-state index is 11.3. The van der Waals surface area contributed by atoms with Gasteiger partial charge in [0.1, 0.15) is 0 Å². The van der Waals surface area contributed by atoms with Crippen molar-refractivity contribution in [3.05, 3.63) is 21.4 Å². The molecule has 5 nitrogen and oxygen atoms in total. The minimum absolute atomic E-state index is 0.0536. The lowest BCUT2D eigenvalue weighted by Gasteiger charge is -2.49. The van der Waals surface area contributed by atoms with E-state index in [0.717, 1.165) is 58.2 Å². The van der Waals surface area contributed by atoms with Crippen molar-refractivity contribution in [3.8, 4) is 0 Å². The van der Waals surface area contributed by atoms with Gasteiger partial charge in [0.25, 0.3) is 0 Å². The molecule has 1 spiro atoms. The zero-order valence-electron chi connectivity index (χ0n) is 16.8. The average molecular weight is 393 g/mol. The Bertz CT molecular complexity index is 685. The van der Waals surface area contributed by atoms with E-state index in [1.807, 2.05) is 11.3 Å². The quantitative estimate of drug-likeness (QED) is 0.849. The number of nitrogens with one attached hydrogen (secondary N) is 1. The number of hydrogen-bond acceptors (Lipinski definition) is 5. The third-order valence-corrected chi connectivity index (χ3v) is 8.03. The number of piperidine rings is 1.